The van der Waals surface area contributed by atoms with Crippen LogP contribution in [0.3, 0.4) is 0 Å². The third-order valence-electron chi connectivity index (χ3n) is 2.20. The minimum absolute atomic E-state index is 0.714. The molecule has 4 heteroatoms. The van der Waals surface area contributed by atoms with E-state index in [9.17, 15) is 0 Å². The summed E-state index contributed by atoms with van der Waals surface area (Å²) < 4.78 is 6.65. The maximum atomic E-state index is 5.58. The van der Waals surface area contributed by atoms with Gasteiger partial charge >= 0.3 is 0 Å². The van der Waals surface area contributed by atoms with Crippen molar-refractivity contribution in [3.8, 4) is 0 Å². The van der Waals surface area contributed by atoms with Gasteiger partial charge in [0, 0.05) is 10.9 Å². The van der Waals surface area contributed by atoms with Crippen LogP contribution in [0.1, 0.15) is 17.2 Å². The zero-order chi connectivity index (χ0) is 11.4. The molecule has 0 atom stereocenters. The summed E-state index contributed by atoms with van der Waals surface area (Å²) in [7, 11) is 1.89. The molecule has 0 fully saturated rings. The molecular formula is C12H13BrN2O. The Morgan fingerprint density at radius 3 is 3.06 bits per heavy atom. The molecule has 0 spiro atoms. The maximum Gasteiger partial charge on any atom is 0.198 e. The molecule has 1 heterocycles. The van der Waals surface area contributed by atoms with Crippen LogP contribution in [-0.4, -0.2) is 12.0 Å². The second kappa shape index (κ2) is 5.27. The van der Waals surface area contributed by atoms with Crippen molar-refractivity contribution in [3.05, 3.63) is 52.1 Å². The van der Waals surface area contributed by atoms with Crippen molar-refractivity contribution in [2.75, 3.05) is 7.05 Å². The van der Waals surface area contributed by atoms with Crippen LogP contribution in [0.4, 0.5) is 0 Å². The van der Waals surface area contributed by atoms with Crippen molar-refractivity contribution in [1.29, 1.82) is 0 Å². The van der Waals surface area contributed by atoms with E-state index in [1.807, 2.05) is 19.2 Å². The van der Waals surface area contributed by atoms with Crippen LogP contribution in [-0.2, 0) is 13.0 Å². The first-order valence-electron chi connectivity index (χ1n) is 5.10. The van der Waals surface area contributed by atoms with E-state index < -0.39 is 0 Å². The van der Waals surface area contributed by atoms with E-state index in [1.165, 1.54) is 5.56 Å². The fourth-order valence-electron chi connectivity index (χ4n) is 1.51. The fraction of sp³-hybridized carbons (Fsp3) is 0.250. The molecule has 16 heavy (non-hydrogen) atoms. The lowest BCUT2D eigenvalue weighted by Crippen LogP contribution is -2.03. The van der Waals surface area contributed by atoms with Crippen molar-refractivity contribution in [2.45, 2.75) is 13.0 Å². The highest BCUT2D eigenvalue weighted by Crippen LogP contribution is 2.15. The average molecular weight is 281 g/mol. The van der Waals surface area contributed by atoms with Crippen LogP contribution in [0.2, 0.25) is 0 Å². The van der Waals surface area contributed by atoms with Gasteiger partial charge < -0.3 is 9.73 Å². The molecule has 0 saturated heterocycles. The van der Waals surface area contributed by atoms with Crippen LogP contribution in [0.25, 0.3) is 0 Å². The van der Waals surface area contributed by atoms with Gasteiger partial charge in [-0.15, -0.1) is 0 Å². The summed E-state index contributed by atoms with van der Waals surface area (Å²) in [6.07, 6.45) is 2.49. The van der Waals surface area contributed by atoms with Crippen LogP contribution in [0.15, 0.2) is 39.4 Å². The highest BCUT2D eigenvalue weighted by atomic mass is 79.9. The molecule has 1 aromatic carbocycles. The van der Waals surface area contributed by atoms with E-state index in [-0.39, 0.29) is 0 Å². The first-order valence-corrected chi connectivity index (χ1v) is 5.90. The van der Waals surface area contributed by atoms with Gasteiger partial charge in [-0.3, -0.25) is 0 Å². The van der Waals surface area contributed by atoms with E-state index in [0.29, 0.717) is 6.54 Å². The minimum Gasteiger partial charge on any atom is -0.444 e. The first-order chi connectivity index (χ1) is 7.78. The standard InChI is InChI=1S/C12H13BrN2O/c1-14-7-11-8-15-12(16-11)6-9-3-2-4-10(13)5-9/h2-5,8,14H,6-7H2,1H3. The Morgan fingerprint density at radius 1 is 1.44 bits per heavy atom. The summed E-state index contributed by atoms with van der Waals surface area (Å²) >= 11 is 3.44. The van der Waals surface area contributed by atoms with Crippen LogP contribution in [0, 0.1) is 0 Å². The Labute approximate surface area is 103 Å². The second-order valence-corrected chi connectivity index (χ2v) is 4.47. The largest absolute Gasteiger partial charge is 0.444 e. The highest BCUT2D eigenvalue weighted by molar-refractivity contribution is 9.10. The van der Waals surface area contributed by atoms with Crippen LogP contribution >= 0.6 is 15.9 Å². The van der Waals surface area contributed by atoms with Crippen molar-refractivity contribution >= 4 is 15.9 Å². The first kappa shape index (κ1) is 11.4. The molecule has 1 aromatic heterocycles. The number of oxazole rings is 1. The lowest BCUT2D eigenvalue weighted by molar-refractivity contribution is 0.454. The summed E-state index contributed by atoms with van der Waals surface area (Å²) in [5, 5.41) is 3.03. The van der Waals surface area contributed by atoms with Gasteiger partial charge in [0.15, 0.2) is 5.89 Å². The monoisotopic (exact) mass is 280 g/mol. The van der Waals surface area contributed by atoms with Gasteiger partial charge in [0.25, 0.3) is 0 Å². The van der Waals surface area contributed by atoms with Crippen molar-refractivity contribution in [1.82, 2.24) is 10.3 Å². The van der Waals surface area contributed by atoms with Gasteiger partial charge in [0.05, 0.1) is 12.7 Å². The van der Waals surface area contributed by atoms with E-state index in [0.717, 1.165) is 22.5 Å². The Hall–Kier alpha value is -1.13. The smallest absolute Gasteiger partial charge is 0.198 e. The maximum absolute atomic E-state index is 5.58. The molecule has 0 amide bonds. The summed E-state index contributed by atoms with van der Waals surface area (Å²) in [6.45, 7) is 0.714. The van der Waals surface area contributed by atoms with Crippen LogP contribution in [0.5, 0.6) is 0 Å². The third-order valence-corrected chi connectivity index (χ3v) is 2.69. The Morgan fingerprint density at radius 2 is 2.31 bits per heavy atom. The molecule has 0 unspecified atom stereocenters. The van der Waals surface area contributed by atoms with Crippen molar-refractivity contribution in [3.63, 3.8) is 0 Å². The number of hydrogen-bond acceptors (Lipinski definition) is 3. The molecule has 0 aliphatic carbocycles. The Kier molecular flexibility index (Phi) is 3.74. The zero-order valence-corrected chi connectivity index (χ0v) is 10.6. The third kappa shape index (κ3) is 2.93. The van der Waals surface area contributed by atoms with Crippen molar-refractivity contribution < 1.29 is 4.42 Å². The molecule has 0 aliphatic rings. The fourth-order valence-corrected chi connectivity index (χ4v) is 1.95. The highest BCUT2D eigenvalue weighted by Gasteiger charge is 2.04. The van der Waals surface area contributed by atoms with E-state index in [1.54, 1.807) is 6.20 Å². The normalized spacial score (nSPS) is 10.6. The van der Waals surface area contributed by atoms with Gasteiger partial charge in [0.1, 0.15) is 5.76 Å². The Balaban J connectivity index is 2.08. The lowest BCUT2D eigenvalue weighted by Gasteiger charge is -1.98. The molecular weight excluding hydrogens is 268 g/mol. The number of benzene rings is 1. The average Bonchev–Trinajstić information content (AvgIpc) is 2.66. The van der Waals surface area contributed by atoms with Gasteiger partial charge in [-0.1, -0.05) is 28.1 Å². The quantitative estimate of drug-likeness (QED) is 0.936. The SMILES string of the molecule is CNCc1cnc(Cc2cccc(Br)c2)o1. The van der Waals surface area contributed by atoms with E-state index in [4.69, 9.17) is 4.42 Å². The molecule has 1 N–H and O–H groups in total. The molecule has 2 rings (SSSR count). The molecule has 2 aromatic rings. The summed E-state index contributed by atoms with van der Waals surface area (Å²) in [6, 6.07) is 8.15. The molecule has 0 aliphatic heterocycles. The van der Waals surface area contributed by atoms with Gasteiger partial charge in [-0.2, -0.15) is 0 Å². The lowest BCUT2D eigenvalue weighted by atomic mass is 10.1. The number of hydrogen-bond donors (Lipinski definition) is 1. The Bertz CT molecular complexity index is 468. The van der Waals surface area contributed by atoms with E-state index >= 15 is 0 Å². The van der Waals surface area contributed by atoms with Gasteiger partial charge in [-0.25, -0.2) is 4.98 Å². The predicted molar refractivity (Wildman–Crippen MR) is 66.2 cm³/mol. The minimum atomic E-state index is 0.714. The summed E-state index contributed by atoms with van der Waals surface area (Å²) in [5.41, 5.74) is 1.19. The molecule has 0 bridgehead atoms. The topological polar surface area (TPSA) is 38.1 Å². The number of nitrogens with one attached hydrogen (secondary N) is 1. The molecule has 3 nitrogen and oxygen atoms in total. The van der Waals surface area contributed by atoms with Gasteiger partial charge in [-0.05, 0) is 24.7 Å². The number of halogens is 1. The van der Waals surface area contributed by atoms with Crippen molar-refractivity contribution in [2.24, 2.45) is 0 Å². The zero-order valence-electron chi connectivity index (χ0n) is 9.03. The predicted octanol–water partition coefficient (Wildman–Crippen LogP) is 2.75. The van der Waals surface area contributed by atoms with E-state index in [2.05, 4.69) is 38.4 Å². The summed E-state index contributed by atoms with van der Waals surface area (Å²) in [4.78, 5) is 4.24. The molecule has 0 saturated carbocycles. The van der Waals surface area contributed by atoms with Gasteiger partial charge in [0.2, 0.25) is 0 Å². The molecule has 84 valence electrons. The summed E-state index contributed by atoms with van der Waals surface area (Å²) in [5.74, 6) is 1.62. The number of rotatable bonds is 4. The number of aromatic nitrogens is 1. The second-order valence-electron chi connectivity index (χ2n) is 3.56. The molecule has 0 radical (unpaired) electrons. The van der Waals surface area contributed by atoms with Crippen LogP contribution < -0.4 is 5.32 Å². The number of nitrogens with zero attached hydrogens (tertiary/aromatic N) is 1.